The van der Waals surface area contributed by atoms with E-state index < -0.39 is 35.1 Å². The van der Waals surface area contributed by atoms with Crippen LogP contribution in [-0.2, 0) is 9.59 Å². The maximum Gasteiger partial charge on any atom is 0.300 e. The first-order valence-electron chi connectivity index (χ1n) is 8.71. The number of carbonyl (C=O) groups excluding carboxylic acids is 2. The first-order chi connectivity index (χ1) is 14.0. The van der Waals surface area contributed by atoms with Crippen molar-refractivity contribution in [3.8, 4) is 0 Å². The van der Waals surface area contributed by atoms with Crippen molar-refractivity contribution in [2.75, 3.05) is 4.90 Å². The number of nitrogens with zero attached hydrogens (tertiary/aromatic N) is 2. The number of Topliss-reactive ketones (excluding diaryl/α,β-unsaturated/α-hetero) is 1. The predicted molar refractivity (Wildman–Crippen MR) is 102 cm³/mol. The Morgan fingerprint density at radius 1 is 0.966 bits per heavy atom. The summed E-state index contributed by atoms with van der Waals surface area (Å²) in [5.74, 6) is -4.24. The summed E-state index contributed by atoms with van der Waals surface area (Å²) in [4.78, 5) is 30.7. The number of aliphatic hydroxyl groups is 1. The number of benzene rings is 2. The van der Waals surface area contributed by atoms with Crippen LogP contribution in [0.4, 0.5) is 14.5 Å². The van der Waals surface area contributed by atoms with Crippen molar-refractivity contribution in [2.24, 2.45) is 0 Å². The Bertz CT molecular complexity index is 1130. The van der Waals surface area contributed by atoms with Crippen molar-refractivity contribution in [3.63, 3.8) is 0 Å². The summed E-state index contributed by atoms with van der Waals surface area (Å²) in [5.41, 5.74) is 0.0822. The third-order valence-corrected chi connectivity index (χ3v) is 4.63. The summed E-state index contributed by atoms with van der Waals surface area (Å²) in [6, 6.07) is 14.6. The molecule has 5 nitrogen and oxygen atoms in total. The Hall–Kier alpha value is -3.87. The van der Waals surface area contributed by atoms with Gasteiger partial charge in [-0.05, 0) is 24.3 Å². The molecule has 3 aromatic rings. The number of halogens is 2. The van der Waals surface area contributed by atoms with E-state index in [4.69, 9.17) is 0 Å². The van der Waals surface area contributed by atoms with Gasteiger partial charge in [-0.2, -0.15) is 0 Å². The van der Waals surface area contributed by atoms with Crippen LogP contribution < -0.4 is 4.90 Å². The summed E-state index contributed by atoms with van der Waals surface area (Å²) in [6.45, 7) is 0. The first kappa shape index (κ1) is 18.5. The second-order valence-corrected chi connectivity index (χ2v) is 6.39. The van der Waals surface area contributed by atoms with E-state index >= 15 is 0 Å². The lowest BCUT2D eigenvalue weighted by Crippen LogP contribution is -2.30. The highest BCUT2D eigenvalue weighted by atomic mass is 19.1. The highest BCUT2D eigenvalue weighted by Crippen LogP contribution is 2.42. The molecule has 1 aliphatic rings. The minimum Gasteiger partial charge on any atom is -0.507 e. The van der Waals surface area contributed by atoms with Crippen molar-refractivity contribution < 1.29 is 23.5 Å². The smallest absolute Gasteiger partial charge is 0.300 e. The molecule has 1 aliphatic heterocycles. The molecule has 2 aromatic carbocycles. The number of rotatable bonds is 3. The molecule has 1 unspecified atom stereocenters. The van der Waals surface area contributed by atoms with Crippen LogP contribution in [-0.4, -0.2) is 21.8 Å². The minimum absolute atomic E-state index is 0.219. The molecule has 0 spiro atoms. The standard InChI is InChI=1S/C22H14F2N2O3/c23-14-9-10-17(15(24)12-14)26-19(16-8-4-5-11-25-16)18(21(28)22(26)29)20(27)13-6-2-1-3-7-13/h1-12,19,27H/b20-18+. The number of pyridine rings is 1. The average Bonchev–Trinajstić information content (AvgIpc) is 3.00. The maximum atomic E-state index is 14.5. The van der Waals surface area contributed by atoms with Gasteiger partial charge in [-0.25, -0.2) is 8.78 Å². The highest BCUT2D eigenvalue weighted by molar-refractivity contribution is 6.51. The molecule has 1 amide bonds. The lowest BCUT2D eigenvalue weighted by atomic mass is 9.98. The third kappa shape index (κ3) is 3.16. The van der Waals surface area contributed by atoms with Crippen molar-refractivity contribution >= 4 is 23.1 Å². The van der Waals surface area contributed by atoms with Gasteiger partial charge < -0.3 is 5.11 Å². The van der Waals surface area contributed by atoms with Gasteiger partial charge in [0.25, 0.3) is 11.7 Å². The number of hydrogen-bond donors (Lipinski definition) is 1. The minimum atomic E-state index is -1.17. The van der Waals surface area contributed by atoms with Gasteiger partial charge in [-0.1, -0.05) is 36.4 Å². The molecule has 1 N–H and O–H groups in total. The topological polar surface area (TPSA) is 70.5 Å². The van der Waals surface area contributed by atoms with E-state index in [1.165, 1.54) is 6.20 Å². The van der Waals surface area contributed by atoms with Crippen LogP contribution in [0.2, 0.25) is 0 Å². The van der Waals surface area contributed by atoms with Gasteiger partial charge in [-0.15, -0.1) is 0 Å². The summed E-state index contributed by atoms with van der Waals surface area (Å²) in [6.07, 6.45) is 1.46. The summed E-state index contributed by atoms with van der Waals surface area (Å²) in [5, 5.41) is 10.8. The Labute approximate surface area is 164 Å². The monoisotopic (exact) mass is 392 g/mol. The average molecular weight is 392 g/mol. The van der Waals surface area contributed by atoms with Crippen molar-refractivity contribution in [3.05, 3.63) is 101 Å². The fourth-order valence-electron chi connectivity index (χ4n) is 3.33. The number of carbonyl (C=O) groups is 2. The molecule has 29 heavy (non-hydrogen) atoms. The fourth-order valence-corrected chi connectivity index (χ4v) is 3.33. The Morgan fingerprint density at radius 3 is 2.34 bits per heavy atom. The van der Waals surface area contributed by atoms with Gasteiger partial charge in [-0.3, -0.25) is 19.5 Å². The SMILES string of the molecule is O=C1C(=O)N(c2ccc(F)cc2F)C(c2ccccn2)/C1=C(\O)c1ccccc1. The lowest BCUT2D eigenvalue weighted by Gasteiger charge is -2.24. The van der Waals surface area contributed by atoms with E-state index in [9.17, 15) is 23.5 Å². The molecule has 0 bridgehead atoms. The Morgan fingerprint density at radius 2 is 1.69 bits per heavy atom. The Kier molecular flexibility index (Phi) is 4.64. The van der Waals surface area contributed by atoms with Gasteiger partial charge in [0.15, 0.2) is 0 Å². The molecular formula is C22H14F2N2O3. The number of ketones is 1. The molecule has 144 valence electrons. The van der Waals surface area contributed by atoms with Gasteiger partial charge in [0, 0.05) is 17.8 Å². The summed E-state index contributed by atoms with van der Waals surface area (Å²) >= 11 is 0. The van der Waals surface area contributed by atoms with Crippen LogP contribution in [0.1, 0.15) is 17.3 Å². The zero-order valence-electron chi connectivity index (χ0n) is 14.9. The third-order valence-electron chi connectivity index (χ3n) is 4.63. The molecule has 1 aromatic heterocycles. The number of anilines is 1. The molecule has 0 saturated carbocycles. The second-order valence-electron chi connectivity index (χ2n) is 6.39. The van der Waals surface area contributed by atoms with E-state index in [0.717, 1.165) is 17.0 Å². The fraction of sp³-hybridized carbons (Fsp3) is 0.0455. The molecule has 0 aliphatic carbocycles. The van der Waals surface area contributed by atoms with Gasteiger partial charge >= 0.3 is 0 Å². The van der Waals surface area contributed by atoms with Crippen molar-refractivity contribution in [2.45, 2.75) is 6.04 Å². The van der Waals surface area contributed by atoms with Crippen molar-refractivity contribution in [1.82, 2.24) is 4.98 Å². The number of aliphatic hydroxyl groups excluding tert-OH is 1. The van der Waals surface area contributed by atoms with E-state index in [-0.39, 0.29) is 17.0 Å². The molecule has 1 fully saturated rings. The van der Waals surface area contributed by atoms with E-state index in [1.54, 1.807) is 48.5 Å². The zero-order chi connectivity index (χ0) is 20.5. The molecule has 7 heteroatoms. The van der Waals surface area contributed by atoms with E-state index in [2.05, 4.69) is 4.98 Å². The second kappa shape index (κ2) is 7.27. The Balaban J connectivity index is 1.97. The molecule has 1 saturated heterocycles. The summed E-state index contributed by atoms with van der Waals surface area (Å²) < 4.78 is 27.9. The predicted octanol–water partition coefficient (Wildman–Crippen LogP) is 3.99. The van der Waals surface area contributed by atoms with E-state index in [0.29, 0.717) is 11.6 Å². The van der Waals surface area contributed by atoms with Crippen LogP contribution in [0.15, 0.2) is 78.5 Å². The molecule has 2 heterocycles. The molecular weight excluding hydrogens is 378 g/mol. The van der Waals surface area contributed by atoms with Crippen LogP contribution in [0.3, 0.4) is 0 Å². The number of aromatic nitrogens is 1. The molecule has 1 atom stereocenters. The normalized spacial score (nSPS) is 18.3. The maximum absolute atomic E-state index is 14.5. The zero-order valence-corrected chi connectivity index (χ0v) is 14.9. The lowest BCUT2D eigenvalue weighted by molar-refractivity contribution is -0.132. The molecule has 0 radical (unpaired) electrons. The quantitative estimate of drug-likeness (QED) is 0.416. The van der Waals surface area contributed by atoms with Gasteiger partial charge in [0.1, 0.15) is 23.4 Å². The molecule has 4 rings (SSSR count). The van der Waals surface area contributed by atoms with Crippen LogP contribution in [0.5, 0.6) is 0 Å². The van der Waals surface area contributed by atoms with E-state index in [1.807, 2.05) is 0 Å². The van der Waals surface area contributed by atoms with Crippen LogP contribution in [0, 0.1) is 11.6 Å². The summed E-state index contributed by atoms with van der Waals surface area (Å²) in [7, 11) is 0. The number of amides is 1. The number of hydrogen-bond acceptors (Lipinski definition) is 4. The van der Waals surface area contributed by atoms with Gasteiger partial charge in [0.2, 0.25) is 0 Å². The first-order valence-corrected chi connectivity index (χ1v) is 8.71. The van der Waals surface area contributed by atoms with Gasteiger partial charge in [0.05, 0.1) is 17.0 Å². The van der Waals surface area contributed by atoms with Crippen LogP contribution in [0.25, 0.3) is 5.76 Å². The highest BCUT2D eigenvalue weighted by Gasteiger charge is 2.48. The largest absolute Gasteiger partial charge is 0.507 e. The van der Waals surface area contributed by atoms with Crippen molar-refractivity contribution in [1.29, 1.82) is 0 Å². The van der Waals surface area contributed by atoms with Crippen LogP contribution >= 0.6 is 0 Å².